The van der Waals surface area contributed by atoms with E-state index >= 15 is 0 Å². The minimum Gasteiger partial charge on any atom is -0.384 e. The van der Waals surface area contributed by atoms with Gasteiger partial charge >= 0.3 is 5.69 Å². The predicted octanol–water partition coefficient (Wildman–Crippen LogP) is 2.25. The van der Waals surface area contributed by atoms with Crippen molar-refractivity contribution in [2.45, 2.75) is 78.2 Å². The Bertz CT molecular complexity index is 973. The number of hydrogen-bond acceptors (Lipinski definition) is 3. The number of rotatable bonds is 5. The number of fused-ring (bicyclic) bond motifs is 5. The molecule has 0 aromatic carbocycles. The molecule has 7 heteroatoms. The summed E-state index contributed by atoms with van der Waals surface area (Å²) in [6.45, 7) is 5.89. The Kier molecular flexibility index (Phi) is 6.03. The first-order valence-corrected chi connectivity index (χ1v) is 13.0. The summed E-state index contributed by atoms with van der Waals surface area (Å²) in [6, 6.07) is 0. The molecule has 0 spiro atoms. The minimum absolute atomic E-state index is 0.00819. The largest absolute Gasteiger partial charge is 0.384 e. The first-order chi connectivity index (χ1) is 15.7. The first kappa shape index (κ1) is 23.5. The fourth-order valence-corrected chi connectivity index (χ4v) is 9.19. The minimum atomic E-state index is -0.392. The summed E-state index contributed by atoms with van der Waals surface area (Å²) in [7, 11) is 13.5. The second-order valence-electron chi connectivity index (χ2n) is 12.2. The summed E-state index contributed by atoms with van der Waals surface area (Å²) in [5.74, 6) is 3.84. The van der Waals surface area contributed by atoms with Crippen molar-refractivity contribution in [3.05, 3.63) is 10.5 Å². The summed E-state index contributed by atoms with van der Waals surface area (Å²) in [4.78, 5) is 28.2. The van der Waals surface area contributed by atoms with Crippen LogP contribution in [-0.2, 0) is 16.1 Å². The van der Waals surface area contributed by atoms with Crippen molar-refractivity contribution in [3.63, 3.8) is 0 Å². The summed E-state index contributed by atoms with van der Waals surface area (Å²) >= 11 is 0. The lowest BCUT2D eigenvalue weighted by Gasteiger charge is -2.61. The fraction of sp³-hybridized carbons (Fsp3) is 0.846. The van der Waals surface area contributed by atoms with E-state index in [0.29, 0.717) is 11.3 Å². The second kappa shape index (κ2) is 8.46. The molecule has 176 valence electrons. The van der Waals surface area contributed by atoms with E-state index in [1.165, 1.54) is 43.1 Å². The Morgan fingerprint density at radius 3 is 2.48 bits per heavy atom. The van der Waals surface area contributed by atoms with Gasteiger partial charge in [0.25, 0.3) is 0 Å². The number of methoxy groups -OCH3 is 1. The first-order valence-electron chi connectivity index (χ1n) is 13.0. The number of carbonyl (C=O) groups is 1. The maximum absolute atomic E-state index is 13.5. The van der Waals surface area contributed by atoms with E-state index < -0.39 is 5.69 Å². The molecule has 4 radical (unpaired) electrons. The number of nitrogens with one attached hydrogen (secondary N) is 1. The molecule has 1 heterocycles. The van der Waals surface area contributed by atoms with Crippen molar-refractivity contribution in [1.29, 1.82) is 0 Å². The van der Waals surface area contributed by atoms with Crippen molar-refractivity contribution >= 4 is 32.7 Å². The number of ketones is 1. The number of imidazole rings is 1. The molecule has 0 bridgehead atoms. The van der Waals surface area contributed by atoms with Crippen LogP contribution >= 0.6 is 0 Å². The van der Waals surface area contributed by atoms with Gasteiger partial charge in [0.2, 0.25) is 0 Å². The average Bonchev–Trinajstić information content (AvgIpc) is 3.25. The van der Waals surface area contributed by atoms with Gasteiger partial charge in [-0.05, 0) is 109 Å². The molecule has 33 heavy (non-hydrogen) atoms. The number of carbonyl (C=O) groups excluding carboxylic acids is 1. The summed E-state index contributed by atoms with van der Waals surface area (Å²) < 4.78 is 6.80. The molecule has 4 saturated carbocycles. The molecule has 0 saturated heterocycles. The third kappa shape index (κ3) is 3.63. The third-order valence-corrected chi connectivity index (χ3v) is 10.9. The van der Waals surface area contributed by atoms with E-state index in [2.05, 4.69) is 18.8 Å². The molecule has 4 aliphatic rings. The van der Waals surface area contributed by atoms with Gasteiger partial charge in [0.1, 0.15) is 15.7 Å². The Balaban J connectivity index is 1.33. The van der Waals surface area contributed by atoms with Gasteiger partial charge in [0, 0.05) is 19.6 Å². The van der Waals surface area contributed by atoms with E-state index in [1.807, 2.05) is 7.11 Å². The summed E-state index contributed by atoms with van der Waals surface area (Å²) in [5, 5.41) is 0. The zero-order valence-corrected chi connectivity index (χ0v) is 20.6. The van der Waals surface area contributed by atoms with Crippen LogP contribution in [0.25, 0.3) is 0 Å². The van der Waals surface area contributed by atoms with E-state index in [4.69, 9.17) is 20.4 Å². The standard InChI is InChI=1S/C26H38B2N2O3/c1-25-10-8-15(14-33-3)12-16(25)4-5-17-18-6-7-20(26(18,2)11-9-19(17)25)21(31)13-30-23(28)22(27)29-24(30)32/h15-20H,4-14H2,1-3H3,(H,29,32). The number of aromatic amines is 1. The summed E-state index contributed by atoms with van der Waals surface area (Å²) in [6.07, 6.45) is 11.0. The molecule has 5 rings (SSSR count). The van der Waals surface area contributed by atoms with Gasteiger partial charge in [-0.2, -0.15) is 0 Å². The van der Waals surface area contributed by atoms with Crippen LogP contribution in [0.3, 0.4) is 0 Å². The van der Waals surface area contributed by atoms with Gasteiger partial charge in [-0.15, -0.1) is 0 Å². The summed E-state index contributed by atoms with van der Waals surface area (Å²) in [5.41, 5.74) is 0.411. The van der Waals surface area contributed by atoms with Crippen LogP contribution in [0.15, 0.2) is 4.79 Å². The van der Waals surface area contributed by atoms with Crippen LogP contribution in [0.5, 0.6) is 0 Å². The Labute approximate surface area is 200 Å². The number of nitrogens with zero attached hydrogens (tertiary/aromatic N) is 1. The van der Waals surface area contributed by atoms with Crippen LogP contribution in [0.4, 0.5) is 0 Å². The molecule has 1 aromatic heterocycles. The number of H-pyrrole nitrogens is 1. The van der Waals surface area contributed by atoms with Gasteiger partial charge in [-0.1, -0.05) is 13.8 Å². The van der Waals surface area contributed by atoms with E-state index in [9.17, 15) is 9.59 Å². The lowest BCUT2D eigenvalue weighted by molar-refractivity contribution is -0.138. The van der Waals surface area contributed by atoms with Gasteiger partial charge < -0.3 is 9.72 Å². The number of aromatic nitrogens is 2. The second-order valence-corrected chi connectivity index (χ2v) is 12.2. The molecule has 1 aromatic rings. The third-order valence-electron chi connectivity index (χ3n) is 10.9. The van der Waals surface area contributed by atoms with Crippen LogP contribution < -0.4 is 16.9 Å². The molecule has 0 aliphatic heterocycles. The predicted molar refractivity (Wildman–Crippen MR) is 131 cm³/mol. The Hall–Kier alpha value is -1.23. The lowest BCUT2D eigenvalue weighted by atomic mass is 9.44. The van der Waals surface area contributed by atoms with Gasteiger partial charge in [-0.25, -0.2) is 4.79 Å². The highest BCUT2D eigenvalue weighted by Crippen LogP contribution is 2.67. The molecule has 4 fully saturated rings. The molecule has 1 N–H and O–H groups in total. The smallest absolute Gasteiger partial charge is 0.324 e. The molecule has 5 nitrogen and oxygen atoms in total. The van der Waals surface area contributed by atoms with Crippen molar-refractivity contribution in [2.24, 2.45) is 46.3 Å². The van der Waals surface area contributed by atoms with Gasteiger partial charge in [-0.3, -0.25) is 9.36 Å². The van der Waals surface area contributed by atoms with Crippen LogP contribution in [0.1, 0.15) is 71.6 Å². The highest BCUT2D eigenvalue weighted by atomic mass is 16.5. The highest BCUT2D eigenvalue weighted by molar-refractivity contribution is 6.46. The van der Waals surface area contributed by atoms with Gasteiger partial charge in [0.15, 0.2) is 5.78 Å². The maximum Gasteiger partial charge on any atom is 0.324 e. The normalized spacial score (nSPS) is 42.4. The average molecular weight is 448 g/mol. The SMILES string of the molecule is [B]c1[nH]c(=O)n(CC(=O)C2CCC3C4CCC5CC(COC)CCC5(C)C4CCC23C)c1[B]. The van der Waals surface area contributed by atoms with Crippen molar-refractivity contribution in [3.8, 4) is 0 Å². The van der Waals surface area contributed by atoms with E-state index in [1.54, 1.807) is 0 Å². The zero-order chi connectivity index (χ0) is 23.5. The molecule has 4 aliphatic carbocycles. The molecule has 0 amide bonds. The zero-order valence-electron chi connectivity index (χ0n) is 20.6. The topological polar surface area (TPSA) is 64.1 Å². The van der Waals surface area contributed by atoms with Crippen LogP contribution in [0, 0.1) is 46.3 Å². The molecule has 8 atom stereocenters. The van der Waals surface area contributed by atoms with Crippen LogP contribution in [-0.4, -0.2) is 44.7 Å². The maximum atomic E-state index is 13.5. The highest BCUT2D eigenvalue weighted by Gasteiger charge is 2.61. The number of hydrogen-bond donors (Lipinski definition) is 1. The quantitative estimate of drug-likeness (QED) is 0.704. The lowest BCUT2D eigenvalue weighted by Crippen LogP contribution is -2.54. The molecule has 8 unspecified atom stereocenters. The Morgan fingerprint density at radius 2 is 1.79 bits per heavy atom. The van der Waals surface area contributed by atoms with Crippen molar-refractivity contribution < 1.29 is 9.53 Å². The number of ether oxygens (including phenoxy) is 1. The van der Waals surface area contributed by atoms with Crippen LogP contribution in [0.2, 0.25) is 0 Å². The number of Topliss-reactive ketones (excluding diaryl/α,β-unsaturated/α-hetero) is 1. The monoisotopic (exact) mass is 448 g/mol. The Morgan fingerprint density at radius 1 is 1.06 bits per heavy atom. The van der Waals surface area contributed by atoms with Crippen molar-refractivity contribution in [2.75, 3.05) is 13.7 Å². The van der Waals surface area contributed by atoms with E-state index in [-0.39, 0.29) is 34.8 Å². The van der Waals surface area contributed by atoms with Crippen molar-refractivity contribution in [1.82, 2.24) is 9.55 Å². The van der Waals surface area contributed by atoms with E-state index in [0.717, 1.165) is 49.5 Å². The molecular weight excluding hydrogens is 410 g/mol. The fourth-order valence-electron chi connectivity index (χ4n) is 9.19. The van der Waals surface area contributed by atoms with Gasteiger partial charge in [0.05, 0.1) is 6.54 Å². The molecular formula is C26H38B2N2O3.